The third-order valence-corrected chi connectivity index (χ3v) is 3.81. The summed E-state index contributed by atoms with van der Waals surface area (Å²) in [6.07, 6.45) is 3.24. The molecular formula is C14H19BrO3. The molecule has 3 nitrogen and oxygen atoms in total. The molecule has 1 heterocycles. The Morgan fingerprint density at radius 3 is 3.00 bits per heavy atom. The number of ether oxygens (including phenoxy) is 2. The number of rotatable bonds is 4. The highest BCUT2D eigenvalue weighted by atomic mass is 79.9. The lowest BCUT2D eigenvalue weighted by Crippen LogP contribution is -2.33. The van der Waals surface area contributed by atoms with Crippen molar-refractivity contribution in [3.63, 3.8) is 0 Å². The molecule has 1 N–H and O–H groups in total. The van der Waals surface area contributed by atoms with Crippen molar-refractivity contribution in [3.8, 4) is 5.75 Å². The Labute approximate surface area is 116 Å². The van der Waals surface area contributed by atoms with Crippen LogP contribution in [-0.2, 0) is 11.2 Å². The third-order valence-electron chi connectivity index (χ3n) is 3.32. The van der Waals surface area contributed by atoms with Crippen LogP contribution in [0.15, 0.2) is 22.7 Å². The Morgan fingerprint density at radius 1 is 1.50 bits per heavy atom. The number of aliphatic hydroxyl groups excluding tert-OH is 1. The maximum atomic E-state index is 10.2. The molecule has 0 aliphatic carbocycles. The molecule has 1 fully saturated rings. The topological polar surface area (TPSA) is 38.7 Å². The van der Waals surface area contributed by atoms with Gasteiger partial charge in [-0.15, -0.1) is 0 Å². The molecule has 0 bridgehead atoms. The fourth-order valence-corrected chi connectivity index (χ4v) is 2.74. The van der Waals surface area contributed by atoms with Gasteiger partial charge < -0.3 is 14.6 Å². The van der Waals surface area contributed by atoms with Crippen LogP contribution < -0.4 is 4.74 Å². The zero-order valence-corrected chi connectivity index (χ0v) is 12.1. The van der Waals surface area contributed by atoms with Crippen molar-refractivity contribution in [2.75, 3.05) is 13.7 Å². The lowest BCUT2D eigenvalue weighted by molar-refractivity contribution is -0.0612. The summed E-state index contributed by atoms with van der Waals surface area (Å²) in [7, 11) is 1.65. The second kappa shape index (κ2) is 6.55. The van der Waals surface area contributed by atoms with E-state index in [1.165, 1.54) is 0 Å². The van der Waals surface area contributed by atoms with Crippen molar-refractivity contribution < 1.29 is 14.6 Å². The molecule has 18 heavy (non-hydrogen) atoms. The van der Waals surface area contributed by atoms with Gasteiger partial charge in [0.15, 0.2) is 0 Å². The van der Waals surface area contributed by atoms with Crippen LogP contribution in [0.1, 0.15) is 24.8 Å². The molecule has 1 aliphatic heterocycles. The van der Waals surface area contributed by atoms with Crippen molar-refractivity contribution in [1.29, 1.82) is 0 Å². The largest absolute Gasteiger partial charge is 0.496 e. The van der Waals surface area contributed by atoms with E-state index >= 15 is 0 Å². The monoisotopic (exact) mass is 314 g/mol. The molecule has 4 heteroatoms. The van der Waals surface area contributed by atoms with E-state index in [0.29, 0.717) is 6.42 Å². The predicted molar refractivity (Wildman–Crippen MR) is 74.0 cm³/mol. The molecule has 2 atom stereocenters. The summed E-state index contributed by atoms with van der Waals surface area (Å²) in [5.41, 5.74) is 1.01. The first-order chi connectivity index (χ1) is 8.70. The van der Waals surface area contributed by atoms with Gasteiger partial charge in [-0.3, -0.25) is 0 Å². The number of methoxy groups -OCH3 is 1. The van der Waals surface area contributed by atoms with E-state index in [1.807, 2.05) is 18.2 Å². The van der Waals surface area contributed by atoms with E-state index < -0.39 is 6.10 Å². The van der Waals surface area contributed by atoms with Gasteiger partial charge in [-0.1, -0.05) is 15.9 Å². The van der Waals surface area contributed by atoms with Gasteiger partial charge in [-0.05, 0) is 43.0 Å². The van der Waals surface area contributed by atoms with Crippen molar-refractivity contribution in [2.24, 2.45) is 0 Å². The smallest absolute Gasteiger partial charge is 0.122 e. The van der Waals surface area contributed by atoms with Crippen LogP contribution >= 0.6 is 15.9 Å². The number of halogens is 1. The van der Waals surface area contributed by atoms with Gasteiger partial charge in [-0.2, -0.15) is 0 Å². The number of hydrogen-bond donors (Lipinski definition) is 1. The summed E-state index contributed by atoms with van der Waals surface area (Å²) in [5, 5.41) is 10.2. The van der Waals surface area contributed by atoms with Crippen LogP contribution in [0.5, 0.6) is 5.75 Å². The molecule has 1 aromatic carbocycles. The SMILES string of the molecule is COc1ccc(Br)cc1CC(O)C1CCCCO1. The van der Waals surface area contributed by atoms with E-state index in [2.05, 4.69) is 15.9 Å². The van der Waals surface area contributed by atoms with E-state index in [-0.39, 0.29) is 6.10 Å². The molecule has 1 aliphatic rings. The Balaban J connectivity index is 2.05. The molecule has 100 valence electrons. The minimum Gasteiger partial charge on any atom is -0.496 e. The Morgan fingerprint density at radius 2 is 2.33 bits per heavy atom. The number of aliphatic hydroxyl groups is 1. The molecule has 0 radical (unpaired) electrons. The zero-order valence-electron chi connectivity index (χ0n) is 10.6. The van der Waals surface area contributed by atoms with Crippen molar-refractivity contribution in [3.05, 3.63) is 28.2 Å². The number of benzene rings is 1. The molecule has 2 rings (SSSR count). The highest BCUT2D eigenvalue weighted by Crippen LogP contribution is 2.26. The Hall–Kier alpha value is -0.580. The van der Waals surface area contributed by atoms with Gasteiger partial charge in [0.25, 0.3) is 0 Å². The summed E-state index contributed by atoms with van der Waals surface area (Å²) < 4.78 is 11.9. The molecule has 1 saturated heterocycles. The average Bonchev–Trinajstić information content (AvgIpc) is 2.40. The minimum absolute atomic E-state index is 0.0394. The fourth-order valence-electron chi connectivity index (χ4n) is 2.33. The van der Waals surface area contributed by atoms with Gasteiger partial charge in [0.05, 0.1) is 19.3 Å². The van der Waals surface area contributed by atoms with Crippen molar-refractivity contribution in [2.45, 2.75) is 37.9 Å². The lowest BCUT2D eigenvalue weighted by Gasteiger charge is -2.27. The summed E-state index contributed by atoms with van der Waals surface area (Å²) in [6, 6.07) is 5.84. The quantitative estimate of drug-likeness (QED) is 0.928. The molecule has 1 aromatic rings. The highest BCUT2D eigenvalue weighted by molar-refractivity contribution is 9.10. The molecule has 0 amide bonds. The Kier molecular flexibility index (Phi) is 5.03. The normalized spacial score (nSPS) is 21.6. The van der Waals surface area contributed by atoms with E-state index in [0.717, 1.165) is 41.7 Å². The summed E-state index contributed by atoms with van der Waals surface area (Å²) in [4.78, 5) is 0. The van der Waals surface area contributed by atoms with E-state index in [9.17, 15) is 5.11 Å². The van der Waals surface area contributed by atoms with E-state index in [1.54, 1.807) is 7.11 Å². The summed E-state index contributed by atoms with van der Waals surface area (Å²) in [6.45, 7) is 0.761. The second-order valence-electron chi connectivity index (χ2n) is 4.63. The Bertz CT molecular complexity index is 389. The van der Waals surface area contributed by atoms with Gasteiger partial charge in [0.1, 0.15) is 5.75 Å². The van der Waals surface area contributed by atoms with Gasteiger partial charge in [0.2, 0.25) is 0 Å². The van der Waals surface area contributed by atoms with Crippen LogP contribution in [0.3, 0.4) is 0 Å². The lowest BCUT2D eigenvalue weighted by atomic mass is 9.98. The van der Waals surface area contributed by atoms with Crippen molar-refractivity contribution in [1.82, 2.24) is 0 Å². The van der Waals surface area contributed by atoms with Gasteiger partial charge >= 0.3 is 0 Å². The van der Waals surface area contributed by atoms with Crippen LogP contribution in [0.4, 0.5) is 0 Å². The maximum Gasteiger partial charge on any atom is 0.122 e. The summed E-state index contributed by atoms with van der Waals surface area (Å²) >= 11 is 3.44. The first-order valence-corrected chi connectivity index (χ1v) is 7.12. The van der Waals surface area contributed by atoms with E-state index in [4.69, 9.17) is 9.47 Å². The van der Waals surface area contributed by atoms with Crippen molar-refractivity contribution >= 4 is 15.9 Å². The highest BCUT2D eigenvalue weighted by Gasteiger charge is 2.23. The van der Waals surface area contributed by atoms with Crippen LogP contribution in [0.25, 0.3) is 0 Å². The van der Waals surface area contributed by atoms with Crippen LogP contribution in [-0.4, -0.2) is 31.0 Å². The standard InChI is InChI=1S/C14H19BrO3/c1-17-13-6-5-11(15)8-10(13)9-12(16)14-4-2-3-7-18-14/h5-6,8,12,14,16H,2-4,7,9H2,1H3. The molecular weight excluding hydrogens is 296 g/mol. The molecule has 0 aromatic heterocycles. The number of hydrogen-bond acceptors (Lipinski definition) is 3. The summed E-state index contributed by atoms with van der Waals surface area (Å²) in [5.74, 6) is 0.813. The van der Waals surface area contributed by atoms with Gasteiger partial charge in [0, 0.05) is 17.5 Å². The second-order valence-corrected chi connectivity index (χ2v) is 5.55. The minimum atomic E-state index is -0.464. The molecule has 2 unspecified atom stereocenters. The first-order valence-electron chi connectivity index (χ1n) is 6.33. The molecule has 0 spiro atoms. The fraction of sp³-hybridized carbons (Fsp3) is 0.571. The molecule has 0 saturated carbocycles. The van der Waals surface area contributed by atoms with Gasteiger partial charge in [-0.25, -0.2) is 0 Å². The average molecular weight is 315 g/mol. The maximum absolute atomic E-state index is 10.2. The zero-order chi connectivity index (χ0) is 13.0. The van der Waals surface area contributed by atoms with Crippen LogP contribution in [0, 0.1) is 0 Å². The third kappa shape index (κ3) is 3.46. The first kappa shape index (κ1) is 13.8. The van der Waals surface area contributed by atoms with Crippen LogP contribution in [0.2, 0.25) is 0 Å². The predicted octanol–water partition coefficient (Wildman–Crippen LogP) is 2.93.